The van der Waals surface area contributed by atoms with Crippen molar-refractivity contribution in [2.45, 2.75) is 36.0 Å². The minimum atomic E-state index is -3.55. The molecule has 7 heteroatoms. The number of rotatable bonds is 15. The summed E-state index contributed by atoms with van der Waals surface area (Å²) < 4.78 is 35.2. The molecule has 0 fully saturated rings. The predicted molar refractivity (Wildman–Crippen MR) is 149 cm³/mol. The zero-order valence-electron chi connectivity index (χ0n) is 20.3. The van der Waals surface area contributed by atoms with E-state index in [1.165, 1.54) is 11.1 Å². The summed E-state index contributed by atoms with van der Waals surface area (Å²) in [5.41, 5.74) is 3.18. The molecule has 0 spiro atoms. The van der Waals surface area contributed by atoms with E-state index in [1.54, 1.807) is 0 Å². The molecule has 1 atom stereocenters. The second kappa shape index (κ2) is 14.1. The van der Waals surface area contributed by atoms with Gasteiger partial charge in [0.05, 0.1) is 30.7 Å². The molecule has 0 aliphatic carbocycles. The molecule has 0 radical (unpaired) electrons. The number of hydrogen-bond acceptors (Lipinski definition) is 6. The Morgan fingerprint density at radius 2 is 1.20 bits per heavy atom. The molecule has 0 aromatic heterocycles. The predicted octanol–water partition coefficient (Wildman–Crippen LogP) is 6.77. The summed E-state index contributed by atoms with van der Waals surface area (Å²) in [5, 5.41) is 0. The van der Waals surface area contributed by atoms with Crippen molar-refractivity contribution >= 4 is 33.6 Å². The Hall–Kier alpha value is -1.77. The van der Waals surface area contributed by atoms with E-state index in [-0.39, 0.29) is 11.2 Å². The summed E-state index contributed by atoms with van der Waals surface area (Å²) in [6.45, 7) is 3.04. The van der Waals surface area contributed by atoms with E-state index in [2.05, 4.69) is 55.5 Å². The number of benzene rings is 3. The van der Waals surface area contributed by atoms with E-state index < -0.39 is 15.5 Å². The maximum Gasteiger partial charge on any atom is 0.264 e. The number of ether oxygens (including phenoxy) is 1. The normalized spacial score (nSPS) is 13.6. The standard InChI is InChI=1S/C28H34O4S3/c1-28(23-32-35(2,29)30,22-31-19-24-12-6-3-7-13-24)18-27(33-20-25-14-8-4-9-15-25)34-21-26-16-10-5-11-17-26/h3-17,27H,18-23H2,1-2H3/t28-/m0/s1. The lowest BCUT2D eigenvalue weighted by Crippen LogP contribution is -2.33. The molecule has 188 valence electrons. The molecule has 0 heterocycles. The summed E-state index contributed by atoms with van der Waals surface area (Å²) >= 11 is 3.77. The smallest absolute Gasteiger partial charge is 0.264 e. The highest BCUT2D eigenvalue weighted by molar-refractivity contribution is 8.16. The summed E-state index contributed by atoms with van der Waals surface area (Å²) in [7, 11) is -3.55. The van der Waals surface area contributed by atoms with Gasteiger partial charge in [0, 0.05) is 16.9 Å². The van der Waals surface area contributed by atoms with Gasteiger partial charge in [-0.3, -0.25) is 4.18 Å². The van der Waals surface area contributed by atoms with Gasteiger partial charge < -0.3 is 4.74 Å². The van der Waals surface area contributed by atoms with Crippen LogP contribution in [0.2, 0.25) is 0 Å². The molecule has 0 unspecified atom stereocenters. The minimum absolute atomic E-state index is 0.0922. The van der Waals surface area contributed by atoms with Gasteiger partial charge in [0.1, 0.15) is 0 Å². The van der Waals surface area contributed by atoms with Crippen LogP contribution in [0.1, 0.15) is 30.0 Å². The topological polar surface area (TPSA) is 52.6 Å². The quantitative estimate of drug-likeness (QED) is 0.160. The summed E-state index contributed by atoms with van der Waals surface area (Å²) in [6.07, 6.45) is 1.86. The van der Waals surface area contributed by atoms with Crippen LogP contribution in [-0.4, -0.2) is 32.5 Å². The molecule has 0 amide bonds. The van der Waals surface area contributed by atoms with Gasteiger partial charge in [-0.15, -0.1) is 23.5 Å². The van der Waals surface area contributed by atoms with E-state index >= 15 is 0 Å². The van der Waals surface area contributed by atoms with Crippen LogP contribution in [0, 0.1) is 5.41 Å². The zero-order valence-corrected chi connectivity index (χ0v) is 22.8. The van der Waals surface area contributed by atoms with Crippen LogP contribution >= 0.6 is 23.5 Å². The Morgan fingerprint density at radius 1 is 0.743 bits per heavy atom. The first-order valence-corrected chi connectivity index (χ1v) is 15.5. The molecule has 0 saturated heterocycles. The van der Waals surface area contributed by atoms with Gasteiger partial charge >= 0.3 is 0 Å². The Balaban J connectivity index is 1.70. The highest BCUT2D eigenvalue weighted by atomic mass is 32.2. The Bertz CT molecular complexity index is 1050. The molecule has 0 N–H and O–H groups in total. The molecule has 35 heavy (non-hydrogen) atoms. The molecule has 3 rings (SSSR count). The van der Waals surface area contributed by atoms with Gasteiger partial charge in [-0.2, -0.15) is 8.42 Å². The van der Waals surface area contributed by atoms with Crippen LogP contribution in [0.5, 0.6) is 0 Å². The van der Waals surface area contributed by atoms with Gasteiger partial charge in [0.25, 0.3) is 10.1 Å². The number of thioether (sulfide) groups is 2. The fourth-order valence-corrected chi connectivity index (χ4v) is 6.97. The SMILES string of the molecule is C[C@](COCc1ccccc1)(COS(C)(=O)=O)CC(SCc1ccccc1)SCc1ccccc1. The van der Waals surface area contributed by atoms with Crippen LogP contribution in [-0.2, 0) is 37.2 Å². The van der Waals surface area contributed by atoms with Crippen LogP contribution in [0.3, 0.4) is 0 Å². The van der Waals surface area contributed by atoms with Crippen molar-refractivity contribution in [3.8, 4) is 0 Å². The third-order valence-electron chi connectivity index (χ3n) is 5.40. The third kappa shape index (κ3) is 11.2. The van der Waals surface area contributed by atoms with E-state index in [0.29, 0.717) is 13.2 Å². The van der Waals surface area contributed by atoms with Gasteiger partial charge in [-0.1, -0.05) is 97.9 Å². The lowest BCUT2D eigenvalue weighted by Gasteiger charge is -2.32. The van der Waals surface area contributed by atoms with E-state index in [0.717, 1.165) is 29.7 Å². The fourth-order valence-electron chi connectivity index (χ4n) is 3.49. The third-order valence-corrected chi connectivity index (χ3v) is 8.84. The van der Waals surface area contributed by atoms with Gasteiger partial charge in [-0.05, 0) is 23.1 Å². The van der Waals surface area contributed by atoms with Crippen molar-refractivity contribution in [1.29, 1.82) is 0 Å². The molecule has 0 aliphatic heterocycles. The first kappa shape index (κ1) is 27.8. The van der Waals surface area contributed by atoms with Gasteiger partial charge in [0.2, 0.25) is 0 Å². The van der Waals surface area contributed by atoms with E-state index in [4.69, 9.17) is 8.92 Å². The highest BCUT2D eigenvalue weighted by Crippen LogP contribution is 2.39. The second-order valence-electron chi connectivity index (χ2n) is 8.98. The van der Waals surface area contributed by atoms with Crippen molar-refractivity contribution in [2.75, 3.05) is 19.5 Å². The summed E-state index contributed by atoms with van der Waals surface area (Å²) in [6, 6.07) is 30.9. The molecule has 3 aromatic carbocycles. The lowest BCUT2D eigenvalue weighted by atomic mass is 9.89. The first-order chi connectivity index (χ1) is 16.8. The van der Waals surface area contributed by atoms with Crippen LogP contribution < -0.4 is 0 Å². The lowest BCUT2D eigenvalue weighted by molar-refractivity contribution is 0.0149. The number of hydrogen-bond donors (Lipinski definition) is 0. The van der Waals surface area contributed by atoms with Crippen LogP contribution in [0.4, 0.5) is 0 Å². The molecular weight excluding hydrogens is 497 g/mol. The van der Waals surface area contributed by atoms with Crippen molar-refractivity contribution in [1.82, 2.24) is 0 Å². The van der Waals surface area contributed by atoms with E-state index in [9.17, 15) is 8.42 Å². The second-order valence-corrected chi connectivity index (χ2v) is 13.3. The summed E-state index contributed by atoms with van der Waals surface area (Å²) in [5.74, 6) is 1.78. The Labute approximate surface area is 219 Å². The van der Waals surface area contributed by atoms with Crippen LogP contribution in [0.15, 0.2) is 91.0 Å². The van der Waals surface area contributed by atoms with E-state index in [1.807, 2.05) is 66.0 Å². The van der Waals surface area contributed by atoms with Crippen molar-refractivity contribution in [3.63, 3.8) is 0 Å². The molecule has 0 aliphatic rings. The van der Waals surface area contributed by atoms with Crippen molar-refractivity contribution < 1.29 is 17.3 Å². The average molecular weight is 531 g/mol. The van der Waals surface area contributed by atoms with Gasteiger partial charge in [0.15, 0.2) is 0 Å². The minimum Gasteiger partial charge on any atom is -0.376 e. The zero-order chi connectivity index (χ0) is 25.0. The van der Waals surface area contributed by atoms with Crippen molar-refractivity contribution in [2.24, 2.45) is 5.41 Å². The maximum atomic E-state index is 11.8. The molecule has 0 saturated carbocycles. The summed E-state index contributed by atoms with van der Waals surface area (Å²) in [4.78, 5) is 0. The molecule has 0 bridgehead atoms. The Kier molecular flexibility index (Phi) is 11.2. The van der Waals surface area contributed by atoms with Crippen LogP contribution in [0.25, 0.3) is 0 Å². The molecule has 3 aromatic rings. The highest BCUT2D eigenvalue weighted by Gasteiger charge is 2.31. The molecular formula is C28H34O4S3. The molecule has 4 nitrogen and oxygen atoms in total. The fraction of sp³-hybridized carbons (Fsp3) is 0.357. The monoisotopic (exact) mass is 530 g/mol. The van der Waals surface area contributed by atoms with Crippen molar-refractivity contribution in [3.05, 3.63) is 108 Å². The maximum absolute atomic E-state index is 11.8. The Morgan fingerprint density at radius 3 is 1.66 bits per heavy atom. The average Bonchev–Trinajstić information content (AvgIpc) is 2.86. The first-order valence-electron chi connectivity index (χ1n) is 11.6. The van der Waals surface area contributed by atoms with Gasteiger partial charge in [-0.25, -0.2) is 0 Å². The largest absolute Gasteiger partial charge is 0.376 e.